The highest BCUT2D eigenvalue weighted by Crippen LogP contribution is 2.42. The van der Waals surface area contributed by atoms with Crippen LogP contribution in [0.2, 0.25) is 0 Å². The predicted octanol–water partition coefficient (Wildman–Crippen LogP) is 11.2. The number of benzene rings is 7. The monoisotopic (exact) mass is 591 g/mol. The fourth-order valence-electron chi connectivity index (χ4n) is 6.34. The summed E-state index contributed by atoms with van der Waals surface area (Å²) in [6.45, 7) is 0. The summed E-state index contributed by atoms with van der Waals surface area (Å²) in [5.74, 6) is 1.97. The summed E-state index contributed by atoms with van der Waals surface area (Å²) >= 11 is 1.88. The number of nitrogens with zero attached hydrogens (tertiary/aromatic N) is 3. The van der Waals surface area contributed by atoms with E-state index in [-0.39, 0.29) is 0 Å². The molecule has 0 aliphatic heterocycles. The molecule has 0 bridgehead atoms. The molecule has 0 fully saturated rings. The zero-order chi connectivity index (χ0) is 29.7. The van der Waals surface area contributed by atoms with Crippen molar-refractivity contribution in [1.82, 2.24) is 15.0 Å². The van der Waals surface area contributed by atoms with Gasteiger partial charge in [-0.2, -0.15) is 0 Å². The van der Waals surface area contributed by atoms with Crippen molar-refractivity contribution in [3.8, 4) is 45.3 Å². The van der Waals surface area contributed by atoms with Crippen molar-refractivity contribution in [2.45, 2.75) is 0 Å². The minimum Gasteiger partial charge on any atom is -0.208 e. The highest BCUT2D eigenvalue weighted by Gasteiger charge is 2.17. The van der Waals surface area contributed by atoms with Gasteiger partial charge in [0, 0.05) is 42.2 Å². The van der Waals surface area contributed by atoms with Crippen LogP contribution in [0.1, 0.15) is 0 Å². The Morgan fingerprint density at radius 3 is 1.71 bits per heavy atom. The molecule has 0 aliphatic carbocycles. The van der Waals surface area contributed by atoms with Gasteiger partial charge in [0.25, 0.3) is 0 Å². The lowest BCUT2D eigenvalue weighted by Gasteiger charge is -2.13. The minimum absolute atomic E-state index is 0.656. The van der Waals surface area contributed by atoms with E-state index in [0.717, 1.165) is 27.8 Å². The first-order valence-electron chi connectivity index (χ1n) is 15.0. The van der Waals surface area contributed by atoms with Crippen LogP contribution in [0.5, 0.6) is 0 Å². The maximum absolute atomic E-state index is 5.04. The molecule has 0 saturated carbocycles. The van der Waals surface area contributed by atoms with Crippen LogP contribution in [0.3, 0.4) is 0 Å². The molecule has 9 aromatic rings. The van der Waals surface area contributed by atoms with Gasteiger partial charge in [0.05, 0.1) is 0 Å². The molecule has 0 saturated heterocycles. The summed E-state index contributed by atoms with van der Waals surface area (Å²) < 4.78 is 2.65. The van der Waals surface area contributed by atoms with Gasteiger partial charge in [-0.1, -0.05) is 140 Å². The first-order valence-corrected chi connectivity index (χ1v) is 15.9. The van der Waals surface area contributed by atoms with Crippen molar-refractivity contribution in [2.24, 2.45) is 0 Å². The molecule has 0 aliphatic rings. The van der Waals surface area contributed by atoms with Crippen molar-refractivity contribution in [1.29, 1.82) is 0 Å². The Morgan fingerprint density at radius 2 is 0.956 bits per heavy atom. The Morgan fingerprint density at radius 1 is 0.378 bits per heavy atom. The number of hydrogen-bond donors (Lipinski definition) is 0. The molecule has 3 nitrogen and oxygen atoms in total. The van der Waals surface area contributed by atoms with Gasteiger partial charge in [0.15, 0.2) is 17.5 Å². The average Bonchev–Trinajstić information content (AvgIpc) is 3.51. The third-order valence-corrected chi connectivity index (χ3v) is 9.73. The largest absolute Gasteiger partial charge is 0.208 e. The van der Waals surface area contributed by atoms with Crippen molar-refractivity contribution >= 4 is 53.1 Å². The van der Waals surface area contributed by atoms with E-state index in [2.05, 4.69) is 91.0 Å². The van der Waals surface area contributed by atoms with E-state index >= 15 is 0 Å². The maximum Gasteiger partial charge on any atom is 0.164 e. The SMILES string of the molecule is c1ccc(-c2nc(-c3ccccc3)nc(-c3ccccc3-c3ccc4ccc5ccc6c7ccccc7sc6c5c4c3)n2)cc1. The normalized spacial score (nSPS) is 11.6. The number of hydrogen-bond acceptors (Lipinski definition) is 4. The molecule has 2 aromatic heterocycles. The van der Waals surface area contributed by atoms with Crippen molar-refractivity contribution in [3.63, 3.8) is 0 Å². The van der Waals surface area contributed by atoms with Crippen LogP contribution in [-0.4, -0.2) is 15.0 Å². The van der Waals surface area contributed by atoms with Gasteiger partial charge in [-0.25, -0.2) is 15.0 Å². The number of thiophene rings is 1. The smallest absolute Gasteiger partial charge is 0.164 e. The van der Waals surface area contributed by atoms with Crippen LogP contribution in [0.15, 0.2) is 152 Å². The highest BCUT2D eigenvalue weighted by molar-refractivity contribution is 7.26. The van der Waals surface area contributed by atoms with E-state index in [0.29, 0.717) is 17.5 Å². The van der Waals surface area contributed by atoms with Crippen LogP contribution < -0.4 is 0 Å². The second-order valence-electron chi connectivity index (χ2n) is 11.2. The zero-order valence-electron chi connectivity index (χ0n) is 24.2. The molecule has 0 spiro atoms. The Kier molecular flexibility index (Phi) is 6.00. The molecule has 0 amide bonds. The van der Waals surface area contributed by atoms with Gasteiger partial charge < -0.3 is 0 Å². The summed E-state index contributed by atoms with van der Waals surface area (Å²) in [6, 6.07) is 53.2. The molecule has 0 atom stereocenters. The number of rotatable bonds is 4. The first-order chi connectivity index (χ1) is 22.3. The lowest BCUT2D eigenvalue weighted by Crippen LogP contribution is -2.01. The van der Waals surface area contributed by atoms with Gasteiger partial charge in [-0.15, -0.1) is 11.3 Å². The van der Waals surface area contributed by atoms with E-state index in [4.69, 9.17) is 15.0 Å². The van der Waals surface area contributed by atoms with E-state index in [1.54, 1.807) is 0 Å². The van der Waals surface area contributed by atoms with E-state index in [1.165, 1.54) is 41.7 Å². The molecule has 0 unspecified atom stereocenters. The second kappa shape index (κ2) is 10.5. The molecular formula is C41H25N3S. The summed E-state index contributed by atoms with van der Waals surface area (Å²) in [4.78, 5) is 15.0. The van der Waals surface area contributed by atoms with Crippen molar-refractivity contribution < 1.29 is 0 Å². The van der Waals surface area contributed by atoms with Gasteiger partial charge in [0.1, 0.15) is 0 Å². The Bertz CT molecular complexity index is 2480. The number of fused-ring (bicyclic) bond motifs is 7. The summed E-state index contributed by atoms with van der Waals surface area (Å²) in [6.07, 6.45) is 0. The fraction of sp³-hybridized carbons (Fsp3) is 0. The molecule has 0 radical (unpaired) electrons. The van der Waals surface area contributed by atoms with Gasteiger partial charge in [-0.3, -0.25) is 0 Å². The fourth-order valence-corrected chi connectivity index (χ4v) is 7.62. The molecule has 45 heavy (non-hydrogen) atoms. The topological polar surface area (TPSA) is 38.7 Å². The quantitative estimate of drug-likeness (QED) is 0.191. The Hall–Kier alpha value is -5.71. The van der Waals surface area contributed by atoms with Gasteiger partial charge in [0.2, 0.25) is 0 Å². The third kappa shape index (κ3) is 4.38. The summed E-state index contributed by atoms with van der Waals surface area (Å²) in [5.41, 5.74) is 5.11. The molecule has 210 valence electrons. The first kappa shape index (κ1) is 25.8. The maximum atomic E-state index is 5.04. The second-order valence-corrected chi connectivity index (χ2v) is 12.3. The minimum atomic E-state index is 0.656. The lowest BCUT2D eigenvalue weighted by molar-refractivity contribution is 1.07. The van der Waals surface area contributed by atoms with Crippen LogP contribution in [0, 0.1) is 0 Å². The van der Waals surface area contributed by atoms with Gasteiger partial charge >= 0.3 is 0 Å². The summed E-state index contributed by atoms with van der Waals surface area (Å²) in [5, 5.41) is 7.67. The molecule has 9 rings (SSSR count). The Balaban J connectivity index is 1.28. The standard InChI is InChI=1S/C41H25N3S/c1-3-11-28(12-4-1)39-42-40(29-13-5-2-6-14-29)44-41(43-39)34-17-8-7-15-31(34)30-22-20-26-19-21-27-23-24-33-32-16-9-10-18-36(32)45-38(33)37(27)35(26)25-30/h1-25H. The molecular weight excluding hydrogens is 567 g/mol. The van der Waals surface area contributed by atoms with Crippen LogP contribution in [0.4, 0.5) is 0 Å². The lowest BCUT2D eigenvalue weighted by atomic mass is 9.94. The van der Waals surface area contributed by atoms with Crippen molar-refractivity contribution in [2.75, 3.05) is 0 Å². The predicted molar refractivity (Wildman–Crippen MR) is 189 cm³/mol. The van der Waals surface area contributed by atoms with Gasteiger partial charge in [-0.05, 0) is 39.4 Å². The highest BCUT2D eigenvalue weighted by atomic mass is 32.1. The number of aromatic nitrogens is 3. The average molecular weight is 592 g/mol. The van der Waals surface area contributed by atoms with E-state index in [9.17, 15) is 0 Å². The van der Waals surface area contributed by atoms with Crippen molar-refractivity contribution in [3.05, 3.63) is 152 Å². The van der Waals surface area contributed by atoms with E-state index in [1.807, 2.05) is 72.0 Å². The van der Waals surface area contributed by atoms with Crippen LogP contribution >= 0.6 is 11.3 Å². The van der Waals surface area contributed by atoms with E-state index < -0.39 is 0 Å². The third-order valence-electron chi connectivity index (χ3n) is 8.52. The van der Waals surface area contributed by atoms with Crippen LogP contribution in [0.25, 0.3) is 87.0 Å². The molecule has 0 N–H and O–H groups in total. The molecule has 4 heteroatoms. The summed E-state index contributed by atoms with van der Waals surface area (Å²) in [7, 11) is 0. The van der Waals surface area contributed by atoms with Crippen LogP contribution in [-0.2, 0) is 0 Å². The molecule has 7 aromatic carbocycles. The zero-order valence-corrected chi connectivity index (χ0v) is 25.0. The molecule has 2 heterocycles. The Labute approximate surface area is 264 Å².